The Hall–Kier alpha value is -2.06. The van der Waals surface area contributed by atoms with Gasteiger partial charge in [-0.25, -0.2) is 14.6 Å². The third kappa shape index (κ3) is 2.87. The number of amides is 1. The van der Waals surface area contributed by atoms with Gasteiger partial charge in [0.1, 0.15) is 12.1 Å². The first-order chi connectivity index (χ1) is 14.2. The van der Waals surface area contributed by atoms with Crippen LogP contribution in [0.1, 0.15) is 32.1 Å². The van der Waals surface area contributed by atoms with Gasteiger partial charge in [0.05, 0.1) is 36.8 Å². The smallest absolute Gasteiger partial charge is 0.232 e. The van der Waals surface area contributed by atoms with Crippen molar-refractivity contribution in [3.63, 3.8) is 0 Å². The number of anilines is 1. The van der Waals surface area contributed by atoms with Gasteiger partial charge < -0.3 is 10.1 Å². The standard InChI is InChI=1S/C21H28N6O2/c28-20(21-10-14-7-15(11-21)9-16(21)8-14)25-18-17-12-24-27(19(17)23-13-22-18)2-1-26-3-5-29-6-4-26/h12-16H,1-11H2,(H,22,23,25,28). The summed E-state index contributed by atoms with van der Waals surface area (Å²) in [5, 5.41) is 8.54. The molecule has 2 aromatic rings. The zero-order valence-corrected chi connectivity index (χ0v) is 16.7. The van der Waals surface area contributed by atoms with Gasteiger partial charge in [0.25, 0.3) is 0 Å². The Bertz CT molecular complexity index is 922. The van der Waals surface area contributed by atoms with Crippen molar-refractivity contribution in [2.75, 3.05) is 38.2 Å². The molecule has 2 atom stereocenters. The summed E-state index contributed by atoms with van der Waals surface area (Å²) in [5.41, 5.74) is 0.635. The first-order valence-electron chi connectivity index (χ1n) is 11.0. The fraction of sp³-hybridized carbons (Fsp3) is 0.714. The lowest BCUT2D eigenvalue weighted by Gasteiger charge is -2.31. The fourth-order valence-electron chi connectivity index (χ4n) is 6.62. The molecule has 1 aliphatic heterocycles. The number of aromatic nitrogens is 4. The fourth-order valence-corrected chi connectivity index (χ4v) is 6.62. The van der Waals surface area contributed by atoms with E-state index < -0.39 is 0 Å². The minimum Gasteiger partial charge on any atom is -0.379 e. The van der Waals surface area contributed by atoms with Gasteiger partial charge in [-0.05, 0) is 49.9 Å². The normalized spacial score (nSPS) is 33.6. The number of morpholine rings is 1. The first-order valence-corrected chi connectivity index (χ1v) is 11.0. The Morgan fingerprint density at radius 2 is 1.93 bits per heavy atom. The quantitative estimate of drug-likeness (QED) is 0.831. The average molecular weight is 396 g/mol. The van der Waals surface area contributed by atoms with Crippen LogP contribution in [0.3, 0.4) is 0 Å². The molecule has 4 bridgehead atoms. The van der Waals surface area contributed by atoms with Crippen LogP contribution < -0.4 is 5.32 Å². The van der Waals surface area contributed by atoms with Gasteiger partial charge in [-0.15, -0.1) is 0 Å². The molecule has 1 saturated heterocycles. The van der Waals surface area contributed by atoms with Gasteiger partial charge in [-0.1, -0.05) is 0 Å². The monoisotopic (exact) mass is 396 g/mol. The van der Waals surface area contributed by atoms with E-state index in [0.29, 0.717) is 11.7 Å². The molecule has 4 aliphatic carbocycles. The van der Waals surface area contributed by atoms with E-state index in [1.807, 2.05) is 4.68 Å². The van der Waals surface area contributed by atoms with Crippen LogP contribution in [0.25, 0.3) is 11.0 Å². The Labute approximate surface area is 170 Å². The highest BCUT2D eigenvalue weighted by atomic mass is 16.5. The Morgan fingerprint density at radius 1 is 1.14 bits per heavy atom. The van der Waals surface area contributed by atoms with E-state index in [-0.39, 0.29) is 11.3 Å². The Morgan fingerprint density at radius 3 is 2.72 bits per heavy atom. The molecule has 7 rings (SSSR count). The lowest BCUT2D eigenvalue weighted by atomic mass is 9.75. The van der Waals surface area contributed by atoms with Gasteiger partial charge in [0.2, 0.25) is 5.91 Å². The summed E-state index contributed by atoms with van der Waals surface area (Å²) in [5.74, 6) is 2.87. The second-order valence-electron chi connectivity index (χ2n) is 9.44. The van der Waals surface area contributed by atoms with E-state index >= 15 is 0 Å². The number of hydrogen-bond donors (Lipinski definition) is 1. The lowest BCUT2D eigenvalue weighted by molar-refractivity contribution is -0.127. The summed E-state index contributed by atoms with van der Waals surface area (Å²) in [7, 11) is 0. The van der Waals surface area contributed by atoms with E-state index in [9.17, 15) is 4.79 Å². The third-order valence-corrected chi connectivity index (χ3v) is 7.84. The Balaban J connectivity index is 1.20. The van der Waals surface area contributed by atoms with Gasteiger partial charge in [0, 0.05) is 19.6 Å². The maximum Gasteiger partial charge on any atom is 0.232 e. The van der Waals surface area contributed by atoms with E-state index in [0.717, 1.165) is 75.1 Å². The van der Waals surface area contributed by atoms with Crippen molar-refractivity contribution < 1.29 is 9.53 Å². The minimum absolute atomic E-state index is 0.156. The molecule has 3 heterocycles. The molecule has 0 radical (unpaired) electrons. The third-order valence-electron chi connectivity index (χ3n) is 7.84. The van der Waals surface area contributed by atoms with Crippen LogP contribution in [0.15, 0.2) is 12.5 Å². The first kappa shape index (κ1) is 17.8. The van der Waals surface area contributed by atoms with E-state index in [4.69, 9.17) is 4.74 Å². The predicted octanol–water partition coefficient (Wildman–Crippen LogP) is 1.92. The molecule has 8 nitrogen and oxygen atoms in total. The topological polar surface area (TPSA) is 85.2 Å². The number of carbonyl (C=O) groups is 1. The molecule has 2 aromatic heterocycles. The zero-order chi connectivity index (χ0) is 19.4. The van der Waals surface area contributed by atoms with Crippen molar-refractivity contribution in [2.45, 2.75) is 38.6 Å². The summed E-state index contributed by atoms with van der Waals surface area (Å²) < 4.78 is 7.34. The molecule has 29 heavy (non-hydrogen) atoms. The second kappa shape index (κ2) is 6.74. The van der Waals surface area contributed by atoms with Crippen molar-refractivity contribution in [3.05, 3.63) is 12.5 Å². The molecule has 1 N–H and O–H groups in total. The van der Waals surface area contributed by atoms with Gasteiger partial charge >= 0.3 is 0 Å². The number of hydrogen-bond acceptors (Lipinski definition) is 6. The average Bonchev–Trinajstić information content (AvgIpc) is 3.35. The summed E-state index contributed by atoms with van der Waals surface area (Å²) in [6, 6.07) is 0. The minimum atomic E-state index is -0.156. The largest absolute Gasteiger partial charge is 0.379 e. The maximum absolute atomic E-state index is 13.3. The van der Waals surface area contributed by atoms with Crippen molar-refractivity contribution in [3.8, 4) is 0 Å². The molecule has 4 saturated carbocycles. The molecule has 5 fully saturated rings. The van der Waals surface area contributed by atoms with Crippen LogP contribution in [0, 0.1) is 23.2 Å². The highest BCUT2D eigenvalue weighted by Crippen LogP contribution is 2.65. The molecule has 154 valence electrons. The number of rotatable bonds is 5. The van der Waals surface area contributed by atoms with Gasteiger partial charge in [0.15, 0.2) is 5.65 Å². The number of nitrogens with one attached hydrogen (secondary N) is 1. The van der Waals surface area contributed by atoms with E-state index in [2.05, 4.69) is 25.3 Å². The number of ether oxygens (including phenoxy) is 1. The van der Waals surface area contributed by atoms with Crippen LogP contribution in [-0.4, -0.2) is 63.4 Å². The molecule has 0 spiro atoms. The number of nitrogens with zero attached hydrogens (tertiary/aromatic N) is 5. The van der Waals surface area contributed by atoms with Gasteiger partial charge in [-0.2, -0.15) is 5.10 Å². The van der Waals surface area contributed by atoms with Crippen LogP contribution >= 0.6 is 0 Å². The Kier molecular flexibility index (Phi) is 4.13. The van der Waals surface area contributed by atoms with E-state index in [1.165, 1.54) is 19.3 Å². The van der Waals surface area contributed by atoms with E-state index in [1.54, 1.807) is 12.5 Å². The maximum atomic E-state index is 13.3. The van der Waals surface area contributed by atoms with Crippen LogP contribution in [0.5, 0.6) is 0 Å². The molecule has 0 aromatic carbocycles. The molecular weight excluding hydrogens is 368 g/mol. The molecule has 1 amide bonds. The number of fused-ring (bicyclic) bond motifs is 1. The molecule has 2 unspecified atom stereocenters. The highest BCUT2D eigenvalue weighted by molar-refractivity contribution is 6.01. The SMILES string of the molecule is O=C(Nc1ncnc2c1cnn2CCN1CCOCC1)C12CC3CC(CC1C3)C2. The predicted molar refractivity (Wildman–Crippen MR) is 107 cm³/mol. The second-order valence-corrected chi connectivity index (χ2v) is 9.44. The summed E-state index contributed by atoms with van der Waals surface area (Å²) in [4.78, 5) is 24.6. The zero-order valence-electron chi connectivity index (χ0n) is 16.7. The van der Waals surface area contributed by atoms with Gasteiger partial charge in [-0.3, -0.25) is 9.69 Å². The summed E-state index contributed by atoms with van der Waals surface area (Å²) >= 11 is 0. The van der Waals surface area contributed by atoms with Crippen LogP contribution in [-0.2, 0) is 16.1 Å². The van der Waals surface area contributed by atoms with Crippen molar-refractivity contribution >= 4 is 22.8 Å². The summed E-state index contributed by atoms with van der Waals surface area (Å²) in [6.07, 6.45) is 9.27. The lowest BCUT2D eigenvalue weighted by Crippen LogP contribution is -2.38. The van der Waals surface area contributed by atoms with Crippen molar-refractivity contribution in [2.24, 2.45) is 23.2 Å². The molecular formula is C21H28N6O2. The summed E-state index contributed by atoms with van der Waals surface area (Å²) in [6.45, 7) is 5.19. The number of carbonyl (C=O) groups excluding carboxylic acids is 1. The molecule has 8 heteroatoms. The van der Waals surface area contributed by atoms with Crippen molar-refractivity contribution in [1.29, 1.82) is 0 Å². The highest BCUT2D eigenvalue weighted by Gasteiger charge is 2.61. The van der Waals surface area contributed by atoms with Crippen LogP contribution in [0.4, 0.5) is 5.82 Å². The van der Waals surface area contributed by atoms with Crippen LogP contribution in [0.2, 0.25) is 0 Å². The van der Waals surface area contributed by atoms with Crippen molar-refractivity contribution in [1.82, 2.24) is 24.6 Å². The molecule has 5 aliphatic rings.